The van der Waals surface area contributed by atoms with E-state index in [1.807, 2.05) is 9.80 Å². The van der Waals surface area contributed by atoms with Gasteiger partial charge in [-0.05, 0) is 31.7 Å². The Morgan fingerprint density at radius 3 is 1.77 bits per heavy atom. The van der Waals surface area contributed by atoms with Gasteiger partial charge in [-0.2, -0.15) is 0 Å². The maximum absolute atomic E-state index is 3.70. The van der Waals surface area contributed by atoms with Crippen LogP contribution in [-0.2, 0) is 0 Å². The first-order valence-electron chi connectivity index (χ1n) is 4.23. The van der Waals surface area contributed by atoms with Crippen LogP contribution >= 0.6 is 0 Å². The monoisotopic (exact) mass is 178 g/mol. The Labute approximate surface area is 81.1 Å². The highest BCUT2D eigenvalue weighted by molar-refractivity contribution is 4.90. The first kappa shape index (κ1) is 11.6. The number of rotatable bonds is 7. The summed E-state index contributed by atoms with van der Waals surface area (Å²) in [5.41, 5.74) is 0. The lowest BCUT2D eigenvalue weighted by atomic mass is 10.3. The van der Waals surface area contributed by atoms with Gasteiger partial charge in [-0.1, -0.05) is 26.3 Å². The second-order valence-corrected chi connectivity index (χ2v) is 2.72. The van der Waals surface area contributed by atoms with Crippen LogP contribution in [0.3, 0.4) is 0 Å². The molecule has 0 aromatic carbocycles. The van der Waals surface area contributed by atoms with E-state index < -0.39 is 0 Å². The van der Waals surface area contributed by atoms with E-state index in [4.69, 9.17) is 0 Å². The third-order valence-corrected chi connectivity index (χ3v) is 1.87. The van der Waals surface area contributed by atoms with Crippen molar-refractivity contribution in [3.8, 4) is 0 Å². The van der Waals surface area contributed by atoms with Gasteiger partial charge in [-0.3, -0.25) is 0 Å². The average molecular weight is 178 g/mol. The van der Waals surface area contributed by atoms with Crippen LogP contribution in [0, 0.1) is 0 Å². The van der Waals surface area contributed by atoms with Gasteiger partial charge in [0.1, 0.15) is 0 Å². The Morgan fingerprint density at radius 2 is 1.46 bits per heavy atom. The van der Waals surface area contributed by atoms with Crippen molar-refractivity contribution in [1.29, 1.82) is 0 Å². The molecule has 0 saturated carbocycles. The van der Waals surface area contributed by atoms with Crippen molar-refractivity contribution in [3.63, 3.8) is 0 Å². The summed E-state index contributed by atoms with van der Waals surface area (Å²) in [4.78, 5) is 3.87. The van der Waals surface area contributed by atoms with Crippen LogP contribution in [0.5, 0.6) is 0 Å². The molecular weight excluding hydrogens is 160 g/mol. The Hall–Kier alpha value is -1.44. The van der Waals surface area contributed by atoms with E-state index in [0.29, 0.717) is 6.04 Å². The smallest absolute Gasteiger partial charge is 0.0481 e. The summed E-state index contributed by atoms with van der Waals surface area (Å²) in [5.74, 6) is 0. The lowest BCUT2D eigenvalue weighted by Crippen LogP contribution is -2.32. The molecule has 0 aliphatic heterocycles. The quantitative estimate of drug-likeness (QED) is 0.591. The minimum atomic E-state index is 0.311. The molecule has 0 saturated heterocycles. The van der Waals surface area contributed by atoms with Crippen molar-refractivity contribution in [1.82, 2.24) is 9.80 Å². The van der Waals surface area contributed by atoms with Crippen LogP contribution in [0.25, 0.3) is 0 Å². The van der Waals surface area contributed by atoms with Crippen molar-refractivity contribution < 1.29 is 0 Å². The molecule has 0 aromatic heterocycles. The zero-order valence-electron chi connectivity index (χ0n) is 8.32. The molecule has 72 valence electrons. The fraction of sp³-hybridized carbons (Fsp3) is 0.273. The molecular formula is C11H18N2. The van der Waals surface area contributed by atoms with E-state index in [-0.39, 0.29) is 0 Å². The Kier molecular flexibility index (Phi) is 5.44. The third kappa shape index (κ3) is 3.65. The van der Waals surface area contributed by atoms with Crippen LogP contribution < -0.4 is 0 Å². The van der Waals surface area contributed by atoms with E-state index in [0.717, 1.165) is 6.54 Å². The van der Waals surface area contributed by atoms with E-state index in [1.165, 1.54) is 0 Å². The summed E-state index contributed by atoms with van der Waals surface area (Å²) >= 11 is 0. The van der Waals surface area contributed by atoms with Crippen LogP contribution in [0.2, 0.25) is 0 Å². The van der Waals surface area contributed by atoms with Crippen LogP contribution in [0.15, 0.2) is 51.1 Å². The minimum Gasteiger partial charge on any atom is -0.353 e. The molecule has 0 fully saturated rings. The normalized spacial score (nSPS) is 11.2. The highest BCUT2D eigenvalue weighted by atomic mass is 15.2. The summed E-state index contributed by atoms with van der Waals surface area (Å²) in [7, 11) is 0. The van der Waals surface area contributed by atoms with Crippen LogP contribution in [0.1, 0.15) is 6.92 Å². The lowest BCUT2D eigenvalue weighted by Gasteiger charge is -2.27. The van der Waals surface area contributed by atoms with Gasteiger partial charge in [0.05, 0.1) is 0 Å². The zero-order chi connectivity index (χ0) is 10.3. The van der Waals surface area contributed by atoms with Gasteiger partial charge in [-0.25, -0.2) is 0 Å². The van der Waals surface area contributed by atoms with Gasteiger partial charge in [0.15, 0.2) is 0 Å². The average Bonchev–Trinajstić information content (AvgIpc) is 2.16. The molecule has 0 spiro atoms. The summed E-state index contributed by atoms with van der Waals surface area (Å²) in [6.45, 7) is 17.7. The number of hydrogen-bond donors (Lipinski definition) is 0. The van der Waals surface area contributed by atoms with Gasteiger partial charge in [0.25, 0.3) is 0 Å². The van der Waals surface area contributed by atoms with Crippen molar-refractivity contribution >= 4 is 0 Å². The number of nitrogens with zero attached hydrogens (tertiary/aromatic N) is 2. The molecule has 0 aromatic rings. The topological polar surface area (TPSA) is 6.48 Å². The van der Waals surface area contributed by atoms with Gasteiger partial charge >= 0.3 is 0 Å². The summed E-state index contributed by atoms with van der Waals surface area (Å²) in [5, 5.41) is 0. The lowest BCUT2D eigenvalue weighted by molar-refractivity contribution is 0.322. The molecule has 0 N–H and O–H groups in total. The van der Waals surface area contributed by atoms with E-state index in [2.05, 4.69) is 33.2 Å². The Bertz CT molecular complexity index is 180. The summed E-state index contributed by atoms with van der Waals surface area (Å²) in [6, 6.07) is 0.311. The van der Waals surface area contributed by atoms with Crippen LogP contribution in [-0.4, -0.2) is 22.4 Å². The molecule has 2 heteroatoms. The van der Waals surface area contributed by atoms with Crippen molar-refractivity contribution in [2.24, 2.45) is 0 Å². The predicted molar refractivity (Wildman–Crippen MR) is 58.8 cm³/mol. The predicted octanol–water partition coefficient (Wildman–Crippen LogP) is 2.55. The van der Waals surface area contributed by atoms with Crippen LogP contribution in [0.4, 0.5) is 0 Å². The van der Waals surface area contributed by atoms with E-state index >= 15 is 0 Å². The van der Waals surface area contributed by atoms with Crippen molar-refractivity contribution in [2.45, 2.75) is 13.0 Å². The molecule has 0 amide bonds. The van der Waals surface area contributed by atoms with Gasteiger partial charge < -0.3 is 9.80 Å². The van der Waals surface area contributed by atoms with E-state index in [1.54, 1.807) is 24.8 Å². The van der Waals surface area contributed by atoms with Gasteiger partial charge in [0.2, 0.25) is 0 Å². The fourth-order valence-corrected chi connectivity index (χ4v) is 1.06. The molecule has 0 heterocycles. The number of hydrogen-bond acceptors (Lipinski definition) is 2. The first-order valence-corrected chi connectivity index (χ1v) is 4.23. The van der Waals surface area contributed by atoms with Gasteiger partial charge in [-0.15, -0.1) is 0 Å². The summed E-state index contributed by atoms with van der Waals surface area (Å²) < 4.78 is 0. The summed E-state index contributed by atoms with van der Waals surface area (Å²) in [6.07, 6.45) is 6.99. The fourth-order valence-electron chi connectivity index (χ4n) is 1.06. The van der Waals surface area contributed by atoms with E-state index in [9.17, 15) is 0 Å². The molecule has 1 unspecified atom stereocenters. The third-order valence-electron chi connectivity index (χ3n) is 1.87. The zero-order valence-corrected chi connectivity index (χ0v) is 8.32. The second kappa shape index (κ2) is 6.12. The molecule has 0 rings (SSSR count). The molecule has 1 atom stereocenters. The SMILES string of the molecule is C=CN(C=C)CC(C)N(C=C)C=C. The molecule has 0 aliphatic carbocycles. The largest absolute Gasteiger partial charge is 0.353 e. The van der Waals surface area contributed by atoms with Crippen molar-refractivity contribution in [3.05, 3.63) is 51.1 Å². The highest BCUT2D eigenvalue weighted by Gasteiger charge is 2.07. The minimum absolute atomic E-state index is 0.311. The molecule has 2 nitrogen and oxygen atoms in total. The Balaban J connectivity index is 4.16. The van der Waals surface area contributed by atoms with Crippen molar-refractivity contribution in [2.75, 3.05) is 6.54 Å². The maximum Gasteiger partial charge on any atom is 0.0481 e. The maximum atomic E-state index is 3.70. The Morgan fingerprint density at radius 1 is 1.00 bits per heavy atom. The second-order valence-electron chi connectivity index (χ2n) is 2.72. The highest BCUT2D eigenvalue weighted by Crippen LogP contribution is 2.03. The molecule has 0 radical (unpaired) electrons. The standard InChI is InChI=1S/C11H18N2/c1-6-12(7-2)10-11(5)13(8-3)9-4/h6-9,11H,1-4,10H2,5H3. The molecule has 0 aliphatic rings. The first-order chi connectivity index (χ1) is 6.19. The molecule has 13 heavy (non-hydrogen) atoms. The molecule has 0 bridgehead atoms. The van der Waals surface area contributed by atoms with Gasteiger partial charge in [0, 0.05) is 12.6 Å².